The molecule has 186 valence electrons. The molecule has 0 saturated heterocycles. The maximum atomic E-state index is 13.1. The summed E-state index contributed by atoms with van der Waals surface area (Å²) in [6.45, 7) is 0. The molecule has 32 heavy (non-hydrogen) atoms. The zero-order chi connectivity index (χ0) is 26.1. The monoisotopic (exact) mass is 520 g/mol. The summed E-state index contributed by atoms with van der Waals surface area (Å²) in [5.41, 5.74) is 0. The summed E-state index contributed by atoms with van der Waals surface area (Å²) in [6.07, 6.45) is -7.96. The van der Waals surface area contributed by atoms with Crippen LogP contribution in [-0.4, -0.2) is 59.5 Å². The minimum atomic E-state index is -9.08. The third-order valence-corrected chi connectivity index (χ3v) is 3.37. The number of carboxylic acids is 1. The molecule has 0 aromatic heterocycles. The zero-order valence-corrected chi connectivity index (χ0v) is 14.0. The fourth-order valence-electron chi connectivity index (χ4n) is 1.49. The minimum Gasteiger partial charge on any atom is -0.544 e. The van der Waals surface area contributed by atoms with Crippen LogP contribution in [0.1, 0.15) is 0 Å². The van der Waals surface area contributed by atoms with E-state index in [-0.39, 0.29) is 18.9 Å². The van der Waals surface area contributed by atoms with Gasteiger partial charge in [-0.05, 0) is 0 Å². The first-order valence-electron chi connectivity index (χ1n) is 6.25. The van der Waals surface area contributed by atoms with Crippen molar-refractivity contribution in [2.24, 2.45) is 0 Å². The summed E-state index contributed by atoms with van der Waals surface area (Å²) in [5, 5.41) is 9.69. The maximum absolute atomic E-state index is 13.1. The maximum Gasteiger partial charge on any atom is 1.00 e. The second-order valence-corrected chi connectivity index (χ2v) is 5.38. The summed E-state index contributed by atoms with van der Waals surface area (Å²) < 4.78 is 241. The molecular weight excluding hydrogens is 520 g/mol. The topological polar surface area (TPSA) is 40.1 Å². The van der Waals surface area contributed by atoms with E-state index in [9.17, 15) is 93.3 Å². The van der Waals surface area contributed by atoms with E-state index in [4.69, 9.17) is 0 Å². The molecule has 0 aliphatic carbocycles. The Morgan fingerprint density at radius 3 is 0.781 bits per heavy atom. The molecule has 0 rings (SSSR count). The molecule has 0 saturated carbocycles. The van der Waals surface area contributed by atoms with Crippen LogP contribution < -0.4 is 24.0 Å². The summed E-state index contributed by atoms with van der Waals surface area (Å²) in [4.78, 5) is 9.69. The van der Waals surface area contributed by atoms with E-state index in [1.165, 1.54) is 0 Å². The van der Waals surface area contributed by atoms with Gasteiger partial charge in [0.05, 0.1) is 0 Å². The SMILES string of the molecule is O=C([O-])C(F)(F)C(F)(F)C(F)(F)C(F)(F)C(F)(F)C(F)(F)C(F)(F)C(F)(F)C(F)(F)F.[Li+]. The van der Waals surface area contributed by atoms with Crippen molar-refractivity contribution in [1.29, 1.82) is 0 Å². The standard InChI is InChI=1S/C10HF19O2.Li/c11-2(12,1(30)31)3(13,14)4(15,16)5(17,18)6(19,20)7(21,22)8(23,24)9(25,26)10(27,28)29;/h(H,30,31);/q;+1/p-1. The summed E-state index contributed by atoms with van der Waals surface area (Å²) in [5.74, 6) is -73.8. The van der Waals surface area contributed by atoms with Crippen LogP contribution in [0.3, 0.4) is 0 Å². The van der Waals surface area contributed by atoms with E-state index in [0.29, 0.717) is 0 Å². The Hall–Kier alpha value is -1.26. The first-order chi connectivity index (χ1) is 12.9. The molecule has 0 aliphatic heterocycles. The zero-order valence-electron chi connectivity index (χ0n) is 14.0. The number of hydrogen-bond donors (Lipinski definition) is 0. The van der Waals surface area contributed by atoms with Crippen molar-refractivity contribution >= 4 is 5.97 Å². The Balaban J connectivity index is 0. The van der Waals surface area contributed by atoms with Gasteiger partial charge in [-0.3, -0.25) is 0 Å². The normalized spacial score (nSPS) is 16.0. The van der Waals surface area contributed by atoms with Gasteiger partial charge >= 0.3 is 72.4 Å². The smallest absolute Gasteiger partial charge is 0.544 e. The third-order valence-electron chi connectivity index (χ3n) is 3.37. The molecule has 0 heterocycles. The van der Waals surface area contributed by atoms with Crippen molar-refractivity contribution in [2.75, 3.05) is 0 Å². The number of aliphatic carboxylic acids is 1. The van der Waals surface area contributed by atoms with Gasteiger partial charge in [-0.15, -0.1) is 0 Å². The molecule has 0 radical (unpaired) electrons. The van der Waals surface area contributed by atoms with Crippen LogP contribution in [0, 0.1) is 0 Å². The van der Waals surface area contributed by atoms with Crippen molar-refractivity contribution in [2.45, 2.75) is 53.6 Å². The first kappa shape index (κ1) is 32.9. The first-order valence-corrected chi connectivity index (χ1v) is 6.25. The van der Waals surface area contributed by atoms with Gasteiger partial charge in [-0.25, -0.2) is 0 Å². The van der Waals surface area contributed by atoms with Crippen molar-refractivity contribution < 1.29 is 112 Å². The predicted molar refractivity (Wildman–Crippen MR) is 50.6 cm³/mol. The number of rotatable bonds is 8. The van der Waals surface area contributed by atoms with E-state index in [1.807, 2.05) is 0 Å². The number of halogens is 19. The number of carboxylic acid groups (broad SMARTS) is 1. The van der Waals surface area contributed by atoms with Crippen LogP contribution in [0.4, 0.5) is 83.4 Å². The Morgan fingerprint density at radius 2 is 0.594 bits per heavy atom. The van der Waals surface area contributed by atoms with E-state index in [1.54, 1.807) is 0 Å². The van der Waals surface area contributed by atoms with Crippen LogP contribution >= 0.6 is 0 Å². The largest absolute Gasteiger partial charge is 1.00 e. The number of hydrogen-bond acceptors (Lipinski definition) is 2. The van der Waals surface area contributed by atoms with E-state index >= 15 is 0 Å². The summed E-state index contributed by atoms with van der Waals surface area (Å²) in [6, 6.07) is 0. The average Bonchev–Trinajstić information content (AvgIpc) is 2.52. The molecule has 0 spiro atoms. The van der Waals surface area contributed by atoms with Gasteiger partial charge in [0.1, 0.15) is 5.97 Å². The van der Waals surface area contributed by atoms with Crippen LogP contribution in [0.2, 0.25) is 0 Å². The Kier molecular flexibility index (Phi) is 8.13. The fourth-order valence-corrected chi connectivity index (χ4v) is 1.49. The molecule has 0 aliphatic rings. The Bertz CT molecular complexity index is 707. The van der Waals surface area contributed by atoms with Crippen LogP contribution in [0.5, 0.6) is 0 Å². The molecule has 22 heteroatoms. The molecular formula is C10F19LiO2. The quantitative estimate of drug-likeness (QED) is 0.359. The molecule has 0 unspecified atom stereocenters. The third kappa shape index (κ3) is 3.75. The molecule has 0 fully saturated rings. The molecule has 0 atom stereocenters. The summed E-state index contributed by atoms with van der Waals surface area (Å²) in [7, 11) is 0. The molecule has 0 bridgehead atoms. The van der Waals surface area contributed by atoms with E-state index < -0.39 is 59.5 Å². The Labute approximate surface area is 172 Å². The van der Waals surface area contributed by atoms with Crippen molar-refractivity contribution in [3.8, 4) is 0 Å². The van der Waals surface area contributed by atoms with Gasteiger partial charge in [-0.1, -0.05) is 0 Å². The van der Waals surface area contributed by atoms with Gasteiger partial charge in [0.15, 0.2) is 0 Å². The molecule has 0 aromatic rings. The van der Waals surface area contributed by atoms with Crippen molar-refractivity contribution in [1.82, 2.24) is 0 Å². The number of carbonyl (C=O) groups is 1. The van der Waals surface area contributed by atoms with Gasteiger partial charge in [-0.2, -0.15) is 83.4 Å². The second kappa shape index (κ2) is 7.91. The van der Waals surface area contributed by atoms with Crippen molar-refractivity contribution in [3.63, 3.8) is 0 Å². The van der Waals surface area contributed by atoms with Crippen LogP contribution in [-0.2, 0) is 4.79 Å². The van der Waals surface area contributed by atoms with Gasteiger partial charge < -0.3 is 9.90 Å². The molecule has 0 aromatic carbocycles. The van der Waals surface area contributed by atoms with Crippen molar-refractivity contribution in [3.05, 3.63) is 0 Å². The number of carbonyl (C=O) groups excluding carboxylic acids is 1. The number of alkyl halides is 19. The van der Waals surface area contributed by atoms with E-state index in [2.05, 4.69) is 0 Å². The molecule has 2 nitrogen and oxygen atoms in total. The van der Waals surface area contributed by atoms with Crippen LogP contribution in [0.15, 0.2) is 0 Å². The fraction of sp³-hybridized carbons (Fsp3) is 0.900. The second-order valence-electron chi connectivity index (χ2n) is 5.38. The van der Waals surface area contributed by atoms with E-state index in [0.717, 1.165) is 0 Å². The Morgan fingerprint density at radius 1 is 0.406 bits per heavy atom. The van der Waals surface area contributed by atoms with Gasteiger partial charge in [0, 0.05) is 0 Å². The molecule has 0 N–H and O–H groups in total. The average molecular weight is 520 g/mol. The molecule has 0 amide bonds. The van der Waals surface area contributed by atoms with Gasteiger partial charge in [0.2, 0.25) is 0 Å². The predicted octanol–water partition coefficient (Wildman–Crippen LogP) is 1.38. The van der Waals surface area contributed by atoms with Gasteiger partial charge in [0.25, 0.3) is 0 Å². The minimum absolute atomic E-state index is 0. The summed E-state index contributed by atoms with van der Waals surface area (Å²) >= 11 is 0. The van der Waals surface area contributed by atoms with Crippen LogP contribution in [0.25, 0.3) is 0 Å².